The summed E-state index contributed by atoms with van der Waals surface area (Å²) >= 11 is 0. The van der Waals surface area contributed by atoms with Gasteiger partial charge in [0.25, 0.3) is 0 Å². The summed E-state index contributed by atoms with van der Waals surface area (Å²) in [7, 11) is 0. The summed E-state index contributed by atoms with van der Waals surface area (Å²) in [5.74, 6) is 2.61. The molecule has 0 aliphatic carbocycles. The summed E-state index contributed by atoms with van der Waals surface area (Å²) < 4.78 is 10.6. The summed E-state index contributed by atoms with van der Waals surface area (Å²) in [4.78, 5) is 14.4. The molecule has 1 aromatic heterocycles. The third kappa shape index (κ3) is 3.99. The van der Waals surface area contributed by atoms with Crippen molar-refractivity contribution in [2.45, 2.75) is 19.9 Å². The van der Waals surface area contributed by atoms with Gasteiger partial charge in [0.05, 0.1) is 6.54 Å². The molecule has 128 valence electrons. The molecule has 0 spiro atoms. The number of ether oxygens (including phenoxy) is 2. The normalized spacial score (nSPS) is 11.5. The highest BCUT2D eigenvalue weighted by Crippen LogP contribution is 2.32. The number of fused-ring (bicyclic) bond motifs is 1. The molecule has 2 aromatic rings. The number of halogens is 1. The highest BCUT2D eigenvalue weighted by atomic mass is 35.5. The molecular formula is C16H19ClN4O3. The van der Waals surface area contributed by atoms with Crippen molar-refractivity contribution >= 4 is 23.2 Å². The van der Waals surface area contributed by atoms with Crippen molar-refractivity contribution in [3.63, 3.8) is 0 Å². The number of hydrogen-bond acceptors (Lipinski definition) is 5. The Balaban J connectivity index is 0.00000208. The minimum absolute atomic E-state index is 0. The lowest BCUT2D eigenvalue weighted by Crippen LogP contribution is -3.00. The van der Waals surface area contributed by atoms with Gasteiger partial charge in [-0.2, -0.15) is 0 Å². The molecule has 0 saturated carbocycles. The van der Waals surface area contributed by atoms with E-state index in [2.05, 4.69) is 15.6 Å². The van der Waals surface area contributed by atoms with Gasteiger partial charge in [0.2, 0.25) is 24.3 Å². The summed E-state index contributed by atoms with van der Waals surface area (Å²) in [6.07, 6.45) is 0.406. The second-order valence-corrected chi connectivity index (χ2v) is 5.14. The fourth-order valence-corrected chi connectivity index (χ4v) is 2.21. The van der Waals surface area contributed by atoms with Crippen molar-refractivity contribution in [1.82, 2.24) is 0 Å². The lowest BCUT2D eigenvalue weighted by atomic mass is 10.2. The first kappa shape index (κ1) is 17.7. The Hall–Kier alpha value is -2.67. The first-order valence-electron chi connectivity index (χ1n) is 7.39. The van der Waals surface area contributed by atoms with Crippen molar-refractivity contribution < 1.29 is 31.7 Å². The van der Waals surface area contributed by atoms with Crippen LogP contribution in [0, 0.1) is 0 Å². The van der Waals surface area contributed by atoms with Crippen LogP contribution in [-0.4, -0.2) is 12.7 Å². The lowest BCUT2D eigenvalue weighted by Gasteiger charge is -2.07. The predicted molar refractivity (Wildman–Crippen MR) is 86.2 cm³/mol. The molecule has 3 rings (SSSR count). The van der Waals surface area contributed by atoms with Crippen LogP contribution >= 0.6 is 0 Å². The topological polar surface area (TPSA) is 99.8 Å². The summed E-state index contributed by atoms with van der Waals surface area (Å²) in [6, 6.07) is 9.39. The maximum atomic E-state index is 11.4. The Kier molecular flexibility index (Phi) is 5.70. The number of rotatable bonds is 5. The molecule has 0 atom stereocenters. The van der Waals surface area contributed by atoms with Gasteiger partial charge in [0.15, 0.2) is 11.5 Å². The van der Waals surface area contributed by atoms with Gasteiger partial charge in [0.1, 0.15) is 5.69 Å². The summed E-state index contributed by atoms with van der Waals surface area (Å²) in [5.41, 5.74) is 7.55. The van der Waals surface area contributed by atoms with E-state index in [9.17, 15) is 4.79 Å². The Bertz CT molecular complexity index is 739. The van der Waals surface area contributed by atoms with E-state index in [1.165, 1.54) is 0 Å². The largest absolute Gasteiger partial charge is 1.00 e. The molecular weight excluding hydrogens is 332 g/mol. The molecule has 0 unspecified atom stereocenters. The van der Waals surface area contributed by atoms with Crippen molar-refractivity contribution in [2.75, 3.05) is 23.2 Å². The molecule has 0 radical (unpaired) electrons. The van der Waals surface area contributed by atoms with E-state index in [4.69, 9.17) is 15.2 Å². The molecule has 0 fully saturated rings. The molecule has 2 heterocycles. The molecule has 1 aliphatic rings. The fraction of sp³-hybridized carbons (Fsp3) is 0.250. The van der Waals surface area contributed by atoms with Gasteiger partial charge in [-0.25, -0.2) is 4.98 Å². The van der Waals surface area contributed by atoms with Crippen LogP contribution in [0.3, 0.4) is 0 Å². The standard InChI is InChI=1S/C16H18N4O3.ClH/c1-2-15(21)19-11-4-6-14(20-16(11)17)18-8-10-3-5-12-13(7-10)23-9-22-12;/h3-7H,2,8-9H2,1H3,(H,19,21)(H3,17,18,20);1H. The summed E-state index contributed by atoms with van der Waals surface area (Å²) in [5, 5.41) is 5.98. The second-order valence-electron chi connectivity index (χ2n) is 5.14. The van der Waals surface area contributed by atoms with E-state index >= 15 is 0 Å². The van der Waals surface area contributed by atoms with Crippen LogP contribution in [0.5, 0.6) is 11.5 Å². The van der Waals surface area contributed by atoms with Crippen molar-refractivity contribution in [1.29, 1.82) is 0 Å². The number of pyridine rings is 1. The van der Waals surface area contributed by atoms with Crippen LogP contribution in [0.2, 0.25) is 0 Å². The molecule has 8 heteroatoms. The molecule has 7 nitrogen and oxygen atoms in total. The number of nitrogens with one attached hydrogen (secondary N) is 3. The Morgan fingerprint density at radius 2 is 2.04 bits per heavy atom. The molecule has 5 N–H and O–H groups in total. The van der Waals surface area contributed by atoms with Gasteiger partial charge in [-0.3, -0.25) is 4.79 Å². The number of aromatic amines is 1. The number of H-pyrrole nitrogens is 1. The van der Waals surface area contributed by atoms with Gasteiger partial charge in [-0.15, -0.1) is 0 Å². The molecule has 24 heavy (non-hydrogen) atoms. The fourth-order valence-electron chi connectivity index (χ4n) is 2.21. The number of anilines is 3. The van der Waals surface area contributed by atoms with E-state index in [1.807, 2.05) is 24.3 Å². The number of amides is 1. The van der Waals surface area contributed by atoms with Crippen LogP contribution in [0.15, 0.2) is 30.3 Å². The Labute approximate surface area is 146 Å². The Morgan fingerprint density at radius 3 is 2.79 bits per heavy atom. The average Bonchev–Trinajstić information content (AvgIpc) is 3.02. The highest BCUT2D eigenvalue weighted by Gasteiger charge is 2.14. The van der Waals surface area contributed by atoms with Crippen LogP contribution < -0.4 is 43.2 Å². The molecule has 0 saturated heterocycles. The average molecular weight is 351 g/mol. The smallest absolute Gasteiger partial charge is 0.241 e. The molecule has 1 aliphatic heterocycles. The number of carbonyl (C=O) groups excluding carboxylic acids is 1. The van der Waals surface area contributed by atoms with Crippen molar-refractivity contribution in [2.24, 2.45) is 0 Å². The van der Waals surface area contributed by atoms with Gasteiger partial charge in [0, 0.05) is 12.5 Å². The van der Waals surface area contributed by atoms with E-state index in [0.717, 1.165) is 22.9 Å². The zero-order chi connectivity index (χ0) is 16.2. The van der Waals surface area contributed by atoms with Crippen LogP contribution in [0.25, 0.3) is 0 Å². The minimum Gasteiger partial charge on any atom is -1.00 e. The van der Waals surface area contributed by atoms with Crippen molar-refractivity contribution in [3.8, 4) is 11.5 Å². The zero-order valence-corrected chi connectivity index (χ0v) is 13.9. The predicted octanol–water partition coefficient (Wildman–Crippen LogP) is -1.22. The maximum Gasteiger partial charge on any atom is 0.241 e. The zero-order valence-electron chi connectivity index (χ0n) is 13.2. The van der Waals surface area contributed by atoms with Crippen LogP contribution in [-0.2, 0) is 11.3 Å². The van der Waals surface area contributed by atoms with Gasteiger partial charge < -0.3 is 38.2 Å². The number of benzene rings is 1. The minimum atomic E-state index is -0.0776. The van der Waals surface area contributed by atoms with E-state index in [0.29, 0.717) is 24.5 Å². The van der Waals surface area contributed by atoms with Crippen LogP contribution in [0.1, 0.15) is 18.9 Å². The molecule has 1 aromatic carbocycles. The lowest BCUT2D eigenvalue weighted by molar-refractivity contribution is -0.342. The first-order chi connectivity index (χ1) is 11.2. The number of aromatic nitrogens is 1. The number of hydrogen-bond donors (Lipinski definition) is 3. The highest BCUT2D eigenvalue weighted by molar-refractivity contribution is 5.92. The third-order valence-corrected chi connectivity index (χ3v) is 3.49. The second kappa shape index (κ2) is 7.74. The van der Waals surface area contributed by atoms with Crippen LogP contribution in [0.4, 0.5) is 17.3 Å². The number of nitrogen functional groups attached to an aromatic ring is 1. The monoisotopic (exact) mass is 350 g/mol. The maximum absolute atomic E-state index is 11.4. The number of nitrogens with two attached hydrogens (primary N) is 1. The summed E-state index contributed by atoms with van der Waals surface area (Å²) in [6.45, 7) is 2.66. The van der Waals surface area contributed by atoms with Crippen molar-refractivity contribution in [3.05, 3.63) is 35.9 Å². The van der Waals surface area contributed by atoms with Gasteiger partial charge >= 0.3 is 0 Å². The molecule has 0 bridgehead atoms. The van der Waals surface area contributed by atoms with Gasteiger partial charge in [-0.1, -0.05) is 13.0 Å². The third-order valence-electron chi connectivity index (χ3n) is 3.49. The van der Waals surface area contributed by atoms with E-state index in [-0.39, 0.29) is 25.1 Å². The Morgan fingerprint density at radius 1 is 1.25 bits per heavy atom. The number of carbonyl (C=O) groups is 1. The molecule has 1 amide bonds. The SMILES string of the molecule is CCC(=O)Nc1ccc(NCc2ccc3c(c2)OCO3)[nH+]c1N.[Cl-]. The quantitative estimate of drug-likeness (QED) is 0.627. The van der Waals surface area contributed by atoms with Gasteiger partial charge in [-0.05, 0) is 23.8 Å². The van der Waals surface area contributed by atoms with E-state index < -0.39 is 0 Å². The van der Waals surface area contributed by atoms with E-state index in [1.54, 1.807) is 13.0 Å². The first-order valence-corrected chi connectivity index (χ1v) is 7.39.